The minimum Gasteiger partial charge on any atom is -0.502 e. The monoisotopic (exact) mass is 343 g/mol. The molecule has 0 saturated carbocycles. The Kier molecular flexibility index (Phi) is 3.35. The van der Waals surface area contributed by atoms with E-state index in [4.69, 9.17) is 0 Å². The van der Waals surface area contributed by atoms with Crippen LogP contribution in [0.3, 0.4) is 0 Å². The second-order valence-corrected chi connectivity index (χ2v) is 5.43. The Hall–Kier alpha value is -2.40. The van der Waals surface area contributed by atoms with Crippen molar-refractivity contribution in [2.75, 3.05) is 4.90 Å². The van der Waals surface area contributed by atoms with Gasteiger partial charge in [-0.3, -0.25) is 9.59 Å². The molecule has 2 aromatic carbocycles. The smallest absolute Gasteiger partial charge is 0.301 e. The summed E-state index contributed by atoms with van der Waals surface area (Å²) in [5.74, 6) is -1.76. The van der Waals surface area contributed by atoms with Gasteiger partial charge in [0.2, 0.25) is 0 Å². The highest BCUT2D eigenvalue weighted by Gasteiger charge is 2.40. The van der Waals surface area contributed by atoms with Crippen molar-refractivity contribution in [1.29, 1.82) is 0 Å². The molecule has 104 valence electrons. The molecule has 2 amide bonds. The lowest BCUT2D eigenvalue weighted by Gasteiger charge is -2.14. The average molecular weight is 344 g/mol. The van der Waals surface area contributed by atoms with Gasteiger partial charge in [-0.15, -0.1) is 0 Å². The number of amides is 2. The normalized spacial score (nSPS) is 15.0. The molecular formula is C16H10BrNO3. The quantitative estimate of drug-likeness (QED) is 0.851. The molecule has 0 unspecified atom stereocenters. The fourth-order valence-corrected chi connectivity index (χ4v) is 2.62. The number of carbonyl (C=O) groups is 2. The van der Waals surface area contributed by atoms with Crippen LogP contribution in [0.1, 0.15) is 5.56 Å². The van der Waals surface area contributed by atoms with Gasteiger partial charge in [-0.1, -0.05) is 52.3 Å². The van der Waals surface area contributed by atoms with E-state index in [0.717, 1.165) is 9.37 Å². The number of nitrogens with zero attached hydrogens (tertiary/aromatic N) is 1. The standard InChI is InChI=1S/C16H10BrNO3/c17-11-7-4-8-12(9-11)18-15(20)13(14(19)16(18)21)10-5-2-1-3-6-10/h1-9,19H. The number of aliphatic hydroxyl groups is 1. The summed E-state index contributed by atoms with van der Waals surface area (Å²) >= 11 is 3.30. The summed E-state index contributed by atoms with van der Waals surface area (Å²) in [6.07, 6.45) is 0. The molecule has 0 fully saturated rings. The summed E-state index contributed by atoms with van der Waals surface area (Å²) in [4.78, 5) is 25.7. The van der Waals surface area contributed by atoms with Gasteiger partial charge >= 0.3 is 5.91 Å². The molecule has 4 nitrogen and oxygen atoms in total. The van der Waals surface area contributed by atoms with Gasteiger partial charge in [0.1, 0.15) is 0 Å². The van der Waals surface area contributed by atoms with Crippen molar-refractivity contribution in [2.24, 2.45) is 0 Å². The zero-order valence-corrected chi connectivity index (χ0v) is 12.4. The summed E-state index contributed by atoms with van der Waals surface area (Å²) in [6, 6.07) is 15.5. The highest BCUT2D eigenvalue weighted by atomic mass is 79.9. The Morgan fingerprint density at radius 2 is 1.62 bits per heavy atom. The Morgan fingerprint density at radius 1 is 0.905 bits per heavy atom. The molecule has 0 aliphatic carbocycles. The minimum atomic E-state index is -0.711. The number of hydrogen-bond donors (Lipinski definition) is 1. The van der Waals surface area contributed by atoms with E-state index >= 15 is 0 Å². The first kappa shape index (κ1) is 13.6. The molecular weight excluding hydrogens is 334 g/mol. The van der Waals surface area contributed by atoms with E-state index in [0.29, 0.717) is 11.3 Å². The lowest BCUT2D eigenvalue weighted by atomic mass is 10.1. The Balaban J connectivity index is 2.07. The van der Waals surface area contributed by atoms with Gasteiger partial charge in [0.15, 0.2) is 5.76 Å². The van der Waals surface area contributed by atoms with Crippen molar-refractivity contribution in [2.45, 2.75) is 0 Å². The molecule has 1 aliphatic rings. The number of imide groups is 1. The van der Waals surface area contributed by atoms with E-state index < -0.39 is 17.6 Å². The predicted octanol–water partition coefficient (Wildman–Crippen LogP) is 3.29. The van der Waals surface area contributed by atoms with E-state index in [1.54, 1.807) is 54.6 Å². The summed E-state index contributed by atoms with van der Waals surface area (Å²) in [5, 5.41) is 10.0. The van der Waals surface area contributed by atoms with Crippen LogP contribution >= 0.6 is 15.9 Å². The van der Waals surface area contributed by atoms with Crippen LogP contribution in [0.2, 0.25) is 0 Å². The van der Waals surface area contributed by atoms with Crippen molar-refractivity contribution >= 4 is 39.0 Å². The second-order valence-electron chi connectivity index (χ2n) is 4.52. The lowest BCUT2D eigenvalue weighted by Crippen LogP contribution is -2.31. The molecule has 21 heavy (non-hydrogen) atoms. The van der Waals surface area contributed by atoms with Crippen LogP contribution in [0, 0.1) is 0 Å². The Bertz CT molecular complexity index is 768. The SMILES string of the molecule is O=C1C(O)=C(c2ccccc2)C(=O)N1c1cccc(Br)c1. The van der Waals surface area contributed by atoms with Gasteiger partial charge in [-0.2, -0.15) is 0 Å². The number of rotatable bonds is 2. The molecule has 1 aliphatic heterocycles. The van der Waals surface area contributed by atoms with Crippen LogP contribution in [-0.2, 0) is 9.59 Å². The molecule has 5 heteroatoms. The van der Waals surface area contributed by atoms with Gasteiger partial charge in [-0.05, 0) is 23.8 Å². The first-order chi connectivity index (χ1) is 10.1. The van der Waals surface area contributed by atoms with Crippen LogP contribution in [0.5, 0.6) is 0 Å². The fraction of sp³-hybridized carbons (Fsp3) is 0. The van der Waals surface area contributed by atoms with Crippen LogP contribution in [0.4, 0.5) is 5.69 Å². The zero-order chi connectivity index (χ0) is 15.0. The van der Waals surface area contributed by atoms with E-state index in [2.05, 4.69) is 15.9 Å². The maximum Gasteiger partial charge on any atom is 0.301 e. The number of anilines is 1. The third-order valence-electron chi connectivity index (χ3n) is 3.19. The van der Waals surface area contributed by atoms with Crippen molar-refractivity contribution in [3.8, 4) is 0 Å². The molecule has 1 N–H and O–H groups in total. The molecule has 0 bridgehead atoms. The summed E-state index contributed by atoms with van der Waals surface area (Å²) in [5.41, 5.74) is 0.961. The highest BCUT2D eigenvalue weighted by Crippen LogP contribution is 2.32. The number of halogens is 1. The molecule has 1 heterocycles. The van der Waals surface area contributed by atoms with Crippen LogP contribution in [0.25, 0.3) is 5.57 Å². The largest absolute Gasteiger partial charge is 0.502 e. The first-order valence-corrected chi connectivity index (χ1v) is 7.02. The lowest BCUT2D eigenvalue weighted by molar-refractivity contribution is -0.121. The second kappa shape index (κ2) is 5.18. The summed E-state index contributed by atoms with van der Waals surface area (Å²) in [6.45, 7) is 0. The van der Waals surface area contributed by atoms with E-state index in [1.165, 1.54) is 0 Å². The zero-order valence-electron chi connectivity index (χ0n) is 10.8. The number of aliphatic hydroxyl groups excluding tert-OH is 1. The Morgan fingerprint density at radius 3 is 2.29 bits per heavy atom. The molecule has 0 spiro atoms. The maximum absolute atomic E-state index is 12.5. The average Bonchev–Trinajstić information content (AvgIpc) is 2.70. The minimum absolute atomic E-state index is 0.0283. The topological polar surface area (TPSA) is 57.6 Å². The van der Waals surface area contributed by atoms with Gasteiger partial charge < -0.3 is 5.11 Å². The van der Waals surface area contributed by atoms with Crippen LogP contribution < -0.4 is 4.90 Å². The van der Waals surface area contributed by atoms with Crippen LogP contribution in [0.15, 0.2) is 64.8 Å². The molecule has 3 rings (SSSR count). The molecule has 0 atom stereocenters. The van der Waals surface area contributed by atoms with Crippen molar-refractivity contribution in [1.82, 2.24) is 0 Å². The number of hydrogen-bond acceptors (Lipinski definition) is 3. The third kappa shape index (κ3) is 2.25. The number of benzene rings is 2. The van der Waals surface area contributed by atoms with E-state index in [9.17, 15) is 14.7 Å². The molecule has 2 aromatic rings. The van der Waals surface area contributed by atoms with Gasteiger partial charge in [0.25, 0.3) is 5.91 Å². The Labute approximate surface area is 129 Å². The molecule has 0 saturated heterocycles. The van der Waals surface area contributed by atoms with E-state index in [-0.39, 0.29) is 5.57 Å². The maximum atomic E-state index is 12.5. The molecule has 0 aromatic heterocycles. The van der Waals surface area contributed by atoms with E-state index in [1.807, 2.05) is 0 Å². The van der Waals surface area contributed by atoms with Gasteiger partial charge in [0, 0.05) is 4.47 Å². The highest BCUT2D eigenvalue weighted by molar-refractivity contribution is 9.10. The van der Waals surface area contributed by atoms with Crippen LogP contribution in [-0.4, -0.2) is 16.9 Å². The number of carbonyl (C=O) groups excluding carboxylic acids is 2. The van der Waals surface area contributed by atoms with Crippen molar-refractivity contribution in [3.05, 3.63) is 70.4 Å². The summed E-state index contributed by atoms with van der Waals surface area (Å²) in [7, 11) is 0. The van der Waals surface area contributed by atoms with Gasteiger partial charge in [-0.25, -0.2) is 4.90 Å². The first-order valence-electron chi connectivity index (χ1n) is 6.22. The third-order valence-corrected chi connectivity index (χ3v) is 3.68. The fourth-order valence-electron chi connectivity index (χ4n) is 2.23. The summed E-state index contributed by atoms with van der Waals surface area (Å²) < 4.78 is 0.744. The molecule has 0 radical (unpaired) electrons. The van der Waals surface area contributed by atoms with Crippen molar-refractivity contribution in [3.63, 3.8) is 0 Å². The predicted molar refractivity (Wildman–Crippen MR) is 82.6 cm³/mol. The van der Waals surface area contributed by atoms with Crippen molar-refractivity contribution < 1.29 is 14.7 Å². The van der Waals surface area contributed by atoms with Gasteiger partial charge in [0.05, 0.1) is 11.3 Å².